The molecule has 0 amide bonds. The normalized spacial score (nSPS) is 16.9. The number of anilines is 3. The summed E-state index contributed by atoms with van der Waals surface area (Å²) in [7, 11) is 0. The molecule has 0 atom stereocenters. The Morgan fingerprint density at radius 2 is 1.87 bits per heavy atom. The van der Waals surface area contributed by atoms with E-state index in [-0.39, 0.29) is 5.78 Å². The molecule has 1 aliphatic heterocycles. The summed E-state index contributed by atoms with van der Waals surface area (Å²) >= 11 is 0. The summed E-state index contributed by atoms with van der Waals surface area (Å²) in [5, 5.41) is 10.8. The van der Waals surface area contributed by atoms with E-state index >= 15 is 0 Å². The molecule has 7 nitrogen and oxygen atoms in total. The van der Waals surface area contributed by atoms with E-state index in [1.165, 1.54) is 32.1 Å². The highest BCUT2D eigenvalue weighted by Crippen LogP contribution is 2.39. The molecule has 164 valence electrons. The molecule has 2 fully saturated rings. The third kappa shape index (κ3) is 6.06. The van der Waals surface area contributed by atoms with E-state index in [1.54, 1.807) is 6.07 Å². The van der Waals surface area contributed by atoms with Crippen LogP contribution in [-0.4, -0.2) is 39.0 Å². The summed E-state index contributed by atoms with van der Waals surface area (Å²) in [6.07, 6.45) is 16.5. The molecule has 2 N–H and O–H groups in total. The summed E-state index contributed by atoms with van der Waals surface area (Å²) in [6.45, 7) is 1.85. The Balaban J connectivity index is 1.54. The van der Waals surface area contributed by atoms with Crippen LogP contribution in [0.15, 0.2) is 12.1 Å². The largest absolute Gasteiger partial charge is 0.341 e. The molecule has 2 aromatic heterocycles. The summed E-state index contributed by atoms with van der Waals surface area (Å²) in [5.41, 5.74) is 1.62. The van der Waals surface area contributed by atoms with Crippen LogP contribution < -0.4 is 10.2 Å². The lowest BCUT2D eigenvalue weighted by molar-refractivity contribution is 0.0974. The molecule has 4 rings (SSSR count). The third-order valence-corrected chi connectivity index (χ3v) is 5.98. The average molecular weight is 421 g/mol. The average Bonchev–Trinajstić information content (AvgIpc) is 3.50. The Labute approximate surface area is 184 Å². The fraction of sp³-hybridized carbons (Fsp3) is 0.583. The predicted molar refractivity (Wildman–Crippen MR) is 123 cm³/mol. The van der Waals surface area contributed by atoms with Crippen LogP contribution in [0.4, 0.5) is 17.6 Å². The number of unbranched alkanes of at least 4 members (excludes halogenated alkanes) is 2. The van der Waals surface area contributed by atoms with Crippen LogP contribution >= 0.6 is 0 Å². The molecule has 0 unspecified atom stereocenters. The number of aromatic nitrogens is 4. The van der Waals surface area contributed by atoms with E-state index < -0.39 is 0 Å². The van der Waals surface area contributed by atoms with Gasteiger partial charge in [0, 0.05) is 49.7 Å². The molecule has 1 saturated carbocycles. The molecule has 0 radical (unpaired) electrons. The quantitative estimate of drug-likeness (QED) is 0.338. The number of nitrogens with zero attached hydrogens (tertiary/aromatic N) is 4. The van der Waals surface area contributed by atoms with Gasteiger partial charge in [-0.1, -0.05) is 19.3 Å². The Morgan fingerprint density at radius 3 is 2.61 bits per heavy atom. The Bertz CT molecular complexity index is 918. The van der Waals surface area contributed by atoms with Crippen LogP contribution in [0.3, 0.4) is 0 Å². The maximum absolute atomic E-state index is 12.9. The topological polar surface area (TPSA) is 86.8 Å². The molecule has 3 heterocycles. The Hall–Kier alpha value is -2.88. The molecular weight excluding hydrogens is 388 g/mol. The Morgan fingerprint density at radius 1 is 1.10 bits per heavy atom. The van der Waals surface area contributed by atoms with Crippen LogP contribution in [0.2, 0.25) is 0 Å². The summed E-state index contributed by atoms with van der Waals surface area (Å²) in [6, 6.07) is 3.79. The maximum Gasteiger partial charge on any atom is 0.227 e. The molecule has 2 aromatic rings. The van der Waals surface area contributed by atoms with Gasteiger partial charge in [-0.15, -0.1) is 12.3 Å². The number of Topliss-reactive ketones (excluding diaryl/α,β-unsaturated/α-hetero) is 1. The van der Waals surface area contributed by atoms with Gasteiger partial charge in [0.1, 0.15) is 11.5 Å². The van der Waals surface area contributed by atoms with Gasteiger partial charge in [-0.3, -0.25) is 9.89 Å². The van der Waals surface area contributed by atoms with E-state index in [4.69, 9.17) is 11.4 Å². The number of carbonyl (C=O) groups excluding carboxylic acids is 1. The van der Waals surface area contributed by atoms with Crippen LogP contribution in [-0.2, 0) is 0 Å². The number of ketones is 1. The first-order chi connectivity index (χ1) is 15.2. The number of carbonyl (C=O) groups is 1. The van der Waals surface area contributed by atoms with Crippen LogP contribution in [0.5, 0.6) is 0 Å². The molecule has 0 spiro atoms. The van der Waals surface area contributed by atoms with Crippen molar-refractivity contribution in [2.24, 2.45) is 0 Å². The van der Waals surface area contributed by atoms with Crippen molar-refractivity contribution in [1.82, 2.24) is 20.2 Å². The van der Waals surface area contributed by atoms with Gasteiger partial charge < -0.3 is 10.2 Å². The summed E-state index contributed by atoms with van der Waals surface area (Å²) < 4.78 is 0. The number of hydrogen-bond donors (Lipinski definition) is 2. The Kier molecular flexibility index (Phi) is 7.18. The van der Waals surface area contributed by atoms with Crippen molar-refractivity contribution in [3.05, 3.63) is 23.5 Å². The van der Waals surface area contributed by atoms with Crippen molar-refractivity contribution in [3.63, 3.8) is 0 Å². The van der Waals surface area contributed by atoms with Gasteiger partial charge >= 0.3 is 0 Å². The molecule has 31 heavy (non-hydrogen) atoms. The third-order valence-electron chi connectivity index (χ3n) is 5.98. The number of nitrogens with one attached hydrogen (secondary N) is 2. The van der Waals surface area contributed by atoms with Crippen molar-refractivity contribution < 1.29 is 4.79 Å². The lowest BCUT2D eigenvalue weighted by atomic mass is 10.1. The SMILES string of the molecule is C#CCCCCC(=O)c1cc(Nc2cc(C3CC3)[nH]n2)nc(N2CCCCCCC2)n1. The van der Waals surface area contributed by atoms with E-state index in [1.807, 2.05) is 6.07 Å². The number of hydrogen-bond acceptors (Lipinski definition) is 6. The second-order valence-corrected chi connectivity index (χ2v) is 8.64. The fourth-order valence-corrected chi connectivity index (χ4v) is 4.01. The predicted octanol–water partition coefficient (Wildman–Crippen LogP) is 4.97. The van der Waals surface area contributed by atoms with Gasteiger partial charge in [0.15, 0.2) is 11.6 Å². The molecule has 7 heteroatoms. The second kappa shape index (κ2) is 10.4. The maximum atomic E-state index is 12.9. The highest BCUT2D eigenvalue weighted by molar-refractivity contribution is 5.95. The van der Waals surface area contributed by atoms with Gasteiger partial charge in [-0.05, 0) is 38.5 Å². The van der Waals surface area contributed by atoms with Gasteiger partial charge in [0.2, 0.25) is 5.95 Å². The smallest absolute Gasteiger partial charge is 0.227 e. The highest BCUT2D eigenvalue weighted by Gasteiger charge is 2.25. The van der Waals surface area contributed by atoms with E-state index in [0.29, 0.717) is 36.2 Å². The fourth-order valence-electron chi connectivity index (χ4n) is 4.01. The first kappa shape index (κ1) is 21.4. The van der Waals surface area contributed by atoms with Gasteiger partial charge in [0.05, 0.1) is 0 Å². The number of aromatic amines is 1. The standard InChI is InChI=1S/C24H32N6O/c1-2-3-4-8-11-21(31)20-17-22(26-23-16-19(28-29-23)18-12-13-18)27-24(25-20)30-14-9-6-5-7-10-15-30/h1,16-18H,3-15H2,(H2,25,26,27,28,29). The minimum atomic E-state index is 0.0384. The van der Waals surface area contributed by atoms with E-state index in [9.17, 15) is 4.79 Å². The van der Waals surface area contributed by atoms with Crippen LogP contribution in [0.1, 0.15) is 92.7 Å². The summed E-state index contributed by atoms with van der Waals surface area (Å²) in [5.74, 6) is 5.25. The molecular formula is C24H32N6O. The zero-order valence-corrected chi connectivity index (χ0v) is 18.2. The molecule has 2 aliphatic rings. The molecule has 0 aromatic carbocycles. The number of H-pyrrole nitrogens is 1. The van der Waals surface area contributed by atoms with Crippen LogP contribution in [0.25, 0.3) is 0 Å². The monoisotopic (exact) mass is 420 g/mol. The molecule has 0 bridgehead atoms. The van der Waals surface area contributed by atoms with E-state index in [0.717, 1.165) is 50.3 Å². The number of rotatable bonds is 9. The second-order valence-electron chi connectivity index (χ2n) is 8.64. The zero-order chi connectivity index (χ0) is 21.5. The lowest BCUT2D eigenvalue weighted by Gasteiger charge is -2.25. The van der Waals surface area contributed by atoms with Gasteiger partial charge in [-0.2, -0.15) is 10.1 Å². The van der Waals surface area contributed by atoms with E-state index in [2.05, 4.69) is 31.3 Å². The van der Waals surface area contributed by atoms with Gasteiger partial charge in [-0.25, -0.2) is 4.98 Å². The van der Waals surface area contributed by atoms with Crippen LogP contribution in [0, 0.1) is 12.3 Å². The summed E-state index contributed by atoms with van der Waals surface area (Å²) in [4.78, 5) is 24.5. The molecule has 1 aliphatic carbocycles. The van der Waals surface area contributed by atoms with Crippen molar-refractivity contribution in [1.29, 1.82) is 0 Å². The molecule has 1 saturated heterocycles. The first-order valence-electron chi connectivity index (χ1n) is 11.7. The zero-order valence-electron chi connectivity index (χ0n) is 18.2. The minimum Gasteiger partial charge on any atom is -0.341 e. The van der Waals surface area contributed by atoms with Crippen molar-refractivity contribution in [2.75, 3.05) is 23.3 Å². The minimum absolute atomic E-state index is 0.0384. The van der Waals surface area contributed by atoms with Crippen molar-refractivity contribution in [2.45, 2.75) is 76.5 Å². The highest BCUT2D eigenvalue weighted by atomic mass is 16.1. The number of terminal acetylenes is 1. The van der Waals surface area contributed by atoms with Crippen molar-refractivity contribution in [3.8, 4) is 12.3 Å². The van der Waals surface area contributed by atoms with Crippen molar-refractivity contribution >= 4 is 23.4 Å². The first-order valence-corrected chi connectivity index (χ1v) is 11.7. The van der Waals surface area contributed by atoms with Gasteiger partial charge in [0.25, 0.3) is 0 Å². The lowest BCUT2D eigenvalue weighted by Crippen LogP contribution is -2.29.